The Kier molecular flexibility index (Phi) is 6.73. The monoisotopic (exact) mass is 378 g/mol. The van der Waals surface area contributed by atoms with Gasteiger partial charge in [0, 0.05) is 18.9 Å². The van der Waals surface area contributed by atoms with Gasteiger partial charge in [0.2, 0.25) is 5.91 Å². The lowest BCUT2D eigenvalue weighted by atomic mass is 10.1. The molecule has 0 saturated heterocycles. The fourth-order valence-corrected chi connectivity index (χ4v) is 3.17. The van der Waals surface area contributed by atoms with Crippen LogP contribution in [0.25, 0.3) is 0 Å². The maximum atomic E-state index is 12.2. The molecule has 0 aliphatic carbocycles. The normalized spacial score (nSPS) is 10.6. The summed E-state index contributed by atoms with van der Waals surface area (Å²) in [6.07, 6.45) is 0.123. The summed E-state index contributed by atoms with van der Waals surface area (Å²) in [5, 5.41) is 5.49. The van der Waals surface area contributed by atoms with E-state index in [0.717, 1.165) is 0 Å². The largest absolute Gasteiger partial charge is 0.350 e. The Morgan fingerprint density at radius 2 is 1.80 bits per heavy atom. The molecule has 1 aromatic heterocycles. The van der Waals surface area contributed by atoms with Crippen LogP contribution in [-0.4, -0.2) is 23.6 Å². The van der Waals surface area contributed by atoms with Crippen molar-refractivity contribution in [1.29, 1.82) is 0 Å². The lowest BCUT2D eigenvalue weighted by molar-refractivity contribution is -0.116. The zero-order valence-electron chi connectivity index (χ0n) is 14.0. The quantitative estimate of drug-likeness (QED) is 0.711. The summed E-state index contributed by atoms with van der Waals surface area (Å²) < 4.78 is 0.540. The summed E-state index contributed by atoms with van der Waals surface area (Å²) in [5.74, 6) is -0.700. The van der Waals surface area contributed by atoms with E-state index in [-0.39, 0.29) is 36.5 Å². The molecule has 1 aromatic carbocycles. The topological polar surface area (TPSA) is 75.3 Å². The molecule has 2 rings (SSSR count). The number of halogens is 1. The highest BCUT2D eigenvalue weighted by atomic mass is 35.5. The first-order valence-corrected chi connectivity index (χ1v) is 9.04. The zero-order valence-corrected chi connectivity index (χ0v) is 15.5. The average Bonchev–Trinajstić information content (AvgIpc) is 2.99. The molecule has 2 aromatic rings. The van der Waals surface area contributed by atoms with Gasteiger partial charge in [-0.1, -0.05) is 23.7 Å². The standard InChI is InChI=1S/C18H19ClN2O3S/c1-11(2)20-18(24)12-5-3-4-6-13(12)21-17(23)10-7-14(22)15-8-9-16(19)25-15/h3-6,8-9,11H,7,10H2,1-2H3,(H,20,24)(H,21,23). The first kappa shape index (κ1) is 19.1. The molecule has 0 aliphatic heterocycles. The summed E-state index contributed by atoms with van der Waals surface area (Å²) in [6, 6.07) is 10.1. The fourth-order valence-electron chi connectivity index (χ4n) is 2.16. The lowest BCUT2D eigenvalue weighted by Crippen LogP contribution is -2.31. The van der Waals surface area contributed by atoms with Gasteiger partial charge in [-0.3, -0.25) is 14.4 Å². The van der Waals surface area contributed by atoms with E-state index in [1.807, 2.05) is 13.8 Å². The van der Waals surface area contributed by atoms with E-state index in [0.29, 0.717) is 20.5 Å². The van der Waals surface area contributed by atoms with E-state index in [4.69, 9.17) is 11.6 Å². The third kappa shape index (κ3) is 5.69. The van der Waals surface area contributed by atoms with Crippen molar-refractivity contribution in [2.75, 3.05) is 5.32 Å². The van der Waals surface area contributed by atoms with E-state index in [9.17, 15) is 14.4 Å². The number of nitrogens with one attached hydrogen (secondary N) is 2. The molecule has 0 bridgehead atoms. The molecule has 0 radical (unpaired) electrons. The van der Waals surface area contributed by atoms with Gasteiger partial charge in [0.05, 0.1) is 20.5 Å². The SMILES string of the molecule is CC(C)NC(=O)c1ccccc1NC(=O)CCC(=O)c1ccc(Cl)s1. The van der Waals surface area contributed by atoms with Gasteiger partial charge in [-0.2, -0.15) is 0 Å². The van der Waals surface area contributed by atoms with Crippen LogP contribution in [0.15, 0.2) is 36.4 Å². The highest BCUT2D eigenvalue weighted by Gasteiger charge is 2.15. The van der Waals surface area contributed by atoms with Crippen LogP contribution in [0.5, 0.6) is 0 Å². The summed E-state index contributed by atoms with van der Waals surface area (Å²) in [7, 11) is 0. The van der Waals surface area contributed by atoms with Crippen molar-refractivity contribution in [2.24, 2.45) is 0 Å². The minimum absolute atomic E-state index is 0.00787. The number of hydrogen-bond acceptors (Lipinski definition) is 4. The van der Waals surface area contributed by atoms with Crippen molar-refractivity contribution < 1.29 is 14.4 Å². The first-order chi connectivity index (χ1) is 11.9. The predicted octanol–water partition coefficient (Wildman–Crippen LogP) is 4.14. The van der Waals surface area contributed by atoms with Gasteiger partial charge in [0.15, 0.2) is 5.78 Å². The number of ketones is 1. The molecule has 0 atom stereocenters. The van der Waals surface area contributed by atoms with Gasteiger partial charge in [0.1, 0.15) is 0 Å². The Hall–Kier alpha value is -2.18. The van der Waals surface area contributed by atoms with Crippen LogP contribution >= 0.6 is 22.9 Å². The maximum Gasteiger partial charge on any atom is 0.253 e. The van der Waals surface area contributed by atoms with Gasteiger partial charge < -0.3 is 10.6 Å². The van der Waals surface area contributed by atoms with E-state index >= 15 is 0 Å². The number of thiophene rings is 1. The van der Waals surface area contributed by atoms with Crippen LogP contribution in [0.1, 0.15) is 46.7 Å². The molecular weight excluding hydrogens is 360 g/mol. The summed E-state index contributed by atoms with van der Waals surface area (Å²) >= 11 is 7.00. The van der Waals surface area contributed by atoms with Crippen LogP contribution in [0.4, 0.5) is 5.69 Å². The molecule has 0 aliphatic rings. The van der Waals surface area contributed by atoms with Crippen molar-refractivity contribution >= 4 is 46.2 Å². The number of carbonyl (C=O) groups is 3. The third-order valence-electron chi connectivity index (χ3n) is 3.29. The predicted molar refractivity (Wildman–Crippen MR) is 101 cm³/mol. The van der Waals surface area contributed by atoms with Gasteiger partial charge in [0.25, 0.3) is 5.91 Å². The molecule has 2 amide bonds. The number of Topliss-reactive ketones (excluding diaryl/α,β-unsaturated/α-hetero) is 1. The molecule has 0 unspecified atom stereocenters. The molecule has 25 heavy (non-hydrogen) atoms. The number of anilines is 1. The molecule has 2 N–H and O–H groups in total. The molecule has 0 saturated carbocycles. The first-order valence-electron chi connectivity index (χ1n) is 7.85. The van der Waals surface area contributed by atoms with Crippen LogP contribution in [0.3, 0.4) is 0 Å². The number of rotatable bonds is 7. The van der Waals surface area contributed by atoms with E-state index in [1.54, 1.807) is 36.4 Å². The summed E-state index contributed by atoms with van der Waals surface area (Å²) in [5.41, 5.74) is 0.818. The van der Waals surface area contributed by atoms with Crippen molar-refractivity contribution in [3.8, 4) is 0 Å². The van der Waals surface area contributed by atoms with Crippen LogP contribution in [0.2, 0.25) is 4.34 Å². The van der Waals surface area contributed by atoms with Crippen molar-refractivity contribution in [1.82, 2.24) is 5.32 Å². The lowest BCUT2D eigenvalue weighted by Gasteiger charge is -2.13. The van der Waals surface area contributed by atoms with E-state index < -0.39 is 0 Å². The van der Waals surface area contributed by atoms with Crippen molar-refractivity contribution in [2.45, 2.75) is 32.7 Å². The zero-order chi connectivity index (χ0) is 18.4. The van der Waals surface area contributed by atoms with E-state index in [1.165, 1.54) is 11.3 Å². The molecule has 5 nitrogen and oxygen atoms in total. The second-order valence-electron chi connectivity index (χ2n) is 5.75. The van der Waals surface area contributed by atoms with Crippen molar-refractivity contribution in [3.05, 3.63) is 51.2 Å². The Labute approximate surface area is 155 Å². The van der Waals surface area contributed by atoms with Crippen molar-refractivity contribution in [3.63, 3.8) is 0 Å². The molecular formula is C18H19ClN2O3S. The van der Waals surface area contributed by atoms with Crippen LogP contribution < -0.4 is 10.6 Å². The maximum absolute atomic E-state index is 12.2. The molecule has 1 heterocycles. The van der Waals surface area contributed by atoms with Gasteiger partial charge in [-0.05, 0) is 38.1 Å². The Bertz CT molecular complexity index is 786. The number of carbonyl (C=O) groups excluding carboxylic acids is 3. The third-order valence-corrected chi connectivity index (χ3v) is 4.56. The Morgan fingerprint density at radius 1 is 1.08 bits per heavy atom. The number of para-hydroxylation sites is 1. The molecule has 0 fully saturated rings. The highest BCUT2D eigenvalue weighted by molar-refractivity contribution is 7.18. The smallest absolute Gasteiger partial charge is 0.253 e. The van der Waals surface area contributed by atoms with Gasteiger partial charge in [-0.25, -0.2) is 0 Å². The molecule has 132 valence electrons. The average molecular weight is 379 g/mol. The Balaban J connectivity index is 1.96. The minimum atomic E-state index is -0.319. The number of amides is 2. The van der Waals surface area contributed by atoms with Crippen LogP contribution in [0, 0.1) is 0 Å². The Morgan fingerprint density at radius 3 is 2.44 bits per heavy atom. The fraction of sp³-hybridized carbons (Fsp3) is 0.278. The van der Waals surface area contributed by atoms with Crippen LogP contribution in [-0.2, 0) is 4.79 Å². The number of benzene rings is 1. The van der Waals surface area contributed by atoms with Gasteiger partial charge in [-0.15, -0.1) is 11.3 Å². The number of hydrogen-bond donors (Lipinski definition) is 2. The summed E-state index contributed by atoms with van der Waals surface area (Å²) in [4.78, 5) is 36.9. The second-order valence-corrected chi connectivity index (χ2v) is 7.46. The molecule has 0 spiro atoms. The molecule has 7 heteroatoms. The second kappa shape index (κ2) is 8.78. The minimum Gasteiger partial charge on any atom is -0.350 e. The van der Waals surface area contributed by atoms with E-state index in [2.05, 4.69) is 10.6 Å². The highest BCUT2D eigenvalue weighted by Crippen LogP contribution is 2.23. The van der Waals surface area contributed by atoms with Gasteiger partial charge >= 0.3 is 0 Å². The summed E-state index contributed by atoms with van der Waals surface area (Å²) in [6.45, 7) is 3.73.